The van der Waals surface area contributed by atoms with Gasteiger partial charge in [-0.25, -0.2) is 0 Å². The molecule has 0 aliphatic carbocycles. The molecule has 25 heavy (non-hydrogen) atoms. The number of aryl methyl sites for hydroxylation is 1. The molecule has 0 saturated carbocycles. The summed E-state index contributed by atoms with van der Waals surface area (Å²) >= 11 is 0. The van der Waals surface area contributed by atoms with Crippen LogP contribution in [0.5, 0.6) is 0 Å². The van der Waals surface area contributed by atoms with Gasteiger partial charge in [0.25, 0.3) is 0 Å². The summed E-state index contributed by atoms with van der Waals surface area (Å²) in [7, 11) is 3.68. The normalized spacial score (nSPS) is 12.2. The van der Waals surface area contributed by atoms with E-state index in [9.17, 15) is 4.79 Å². The van der Waals surface area contributed by atoms with Crippen LogP contribution in [0.4, 0.5) is 0 Å². The highest BCUT2D eigenvalue weighted by atomic mass is 16.5. The van der Waals surface area contributed by atoms with E-state index in [4.69, 9.17) is 4.74 Å². The van der Waals surface area contributed by atoms with Gasteiger partial charge in [0.2, 0.25) is 5.91 Å². The Morgan fingerprint density at radius 3 is 2.60 bits per heavy atom. The van der Waals surface area contributed by atoms with Crippen molar-refractivity contribution in [3.63, 3.8) is 0 Å². The standard InChI is InChI=1S/C21H24N2O2/c1-23-15-19(17-10-6-7-11-20(17)23)18(16-8-4-3-5-9-16)14-21(24)22-12-13-25-2/h3-11,15,18H,12-14H2,1-2H3,(H,22,24). The van der Waals surface area contributed by atoms with Crippen molar-refractivity contribution in [2.24, 2.45) is 7.05 Å². The summed E-state index contributed by atoms with van der Waals surface area (Å²) in [6.07, 6.45) is 2.56. The Balaban J connectivity index is 1.95. The van der Waals surface area contributed by atoms with Crippen LogP contribution < -0.4 is 5.32 Å². The summed E-state index contributed by atoms with van der Waals surface area (Å²) in [4.78, 5) is 12.4. The van der Waals surface area contributed by atoms with E-state index in [1.165, 1.54) is 16.5 Å². The van der Waals surface area contributed by atoms with Crippen LogP contribution in [0, 0.1) is 0 Å². The van der Waals surface area contributed by atoms with Crippen LogP contribution in [-0.4, -0.2) is 30.7 Å². The van der Waals surface area contributed by atoms with Gasteiger partial charge in [-0.15, -0.1) is 0 Å². The lowest BCUT2D eigenvalue weighted by atomic mass is 9.88. The van der Waals surface area contributed by atoms with E-state index in [2.05, 4.69) is 40.3 Å². The Morgan fingerprint density at radius 1 is 1.12 bits per heavy atom. The molecule has 0 bridgehead atoms. The second-order valence-corrected chi connectivity index (χ2v) is 6.22. The van der Waals surface area contributed by atoms with Gasteiger partial charge in [0.15, 0.2) is 0 Å². The van der Waals surface area contributed by atoms with Gasteiger partial charge in [-0.05, 0) is 17.2 Å². The van der Waals surface area contributed by atoms with Crippen molar-refractivity contribution in [1.29, 1.82) is 0 Å². The molecule has 1 atom stereocenters. The number of methoxy groups -OCH3 is 1. The summed E-state index contributed by atoms with van der Waals surface area (Å²) < 4.78 is 7.14. The molecule has 1 aromatic heterocycles. The van der Waals surface area contributed by atoms with Crippen molar-refractivity contribution in [3.8, 4) is 0 Å². The van der Waals surface area contributed by atoms with Crippen molar-refractivity contribution in [1.82, 2.24) is 9.88 Å². The van der Waals surface area contributed by atoms with Gasteiger partial charge in [0, 0.05) is 50.1 Å². The number of carbonyl (C=O) groups excluding carboxylic acids is 1. The zero-order chi connectivity index (χ0) is 17.6. The van der Waals surface area contributed by atoms with Crippen LogP contribution in [0.3, 0.4) is 0 Å². The Hall–Kier alpha value is -2.59. The Kier molecular flexibility index (Phi) is 5.51. The first-order chi connectivity index (χ1) is 12.2. The summed E-state index contributed by atoms with van der Waals surface area (Å²) in [5.41, 5.74) is 3.52. The first-order valence-corrected chi connectivity index (χ1v) is 8.55. The lowest BCUT2D eigenvalue weighted by molar-refractivity contribution is -0.121. The predicted molar refractivity (Wildman–Crippen MR) is 101 cm³/mol. The zero-order valence-electron chi connectivity index (χ0n) is 14.7. The fourth-order valence-corrected chi connectivity index (χ4v) is 3.29. The number of amides is 1. The highest BCUT2D eigenvalue weighted by Crippen LogP contribution is 2.34. The Morgan fingerprint density at radius 2 is 1.84 bits per heavy atom. The van der Waals surface area contributed by atoms with Gasteiger partial charge >= 0.3 is 0 Å². The predicted octanol–water partition coefficient (Wildman–Crippen LogP) is 3.46. The van der Waals surface area contributed by atoms with E-state index >= 15 is 0 Å². The van der Waals surface area contributed by atoms with Gasteiger partial charge < -0.3 is 14.6 Å². The quantitative estimate of drug-likeness (QED) is 0.672. The molecule has 0 aliphatic heterocycles. The van der Waals surface area contributed by atoms with Gasteiger partial charge in [0.1, 0.15) is 0 Å². The van der Waals surface area contributed by atoms with E-state index in [1.807, 2.05) is 37.4 Å². The van der Waals surface area contributed by atoms with Crippen molar-refractivity contribution in [2.75, 3.05) is 20.3 Å². The maximum absolute atomic E-state index is 12.4. The number of carbonyl (C=O) groups is 1. The van der Waals surface area contributed by atoms with Crippen molar-refractivity contribution in [2.45, 2.75) is 12.3 Å². The number of rotatable bonds is 7. The van der Waals surface area contributed by atoms with Crippen LogP contribution in [0.1, 0.15) is 23.5 Å². The molecule has 3 aromatic rings. The van der Waals surface area contributed by atoms with Gasteiger partial charge in [-0.3, -0.25) is 4.79 Å². The van der Waals surface area contributed by atoms with Gasteiger partial charge in [-0.1, -0.05) is 48.5 Å². The minimum atomic E-state index is 0.0230. The van der Waals surface area contributed by atoms with E-state index in [1.54, 1.807) is 7.11 Å². The molecule has 130 valence electrons. The van der Waals surface area contributed by atoms with Crippen LogP contribution in [0.2, 0.25) is 0 Å². The van der Waals surface area contributed by atoms with Crippen molar-refractivity contribution >= 4 is 16.8 Å². The molecule has 3 rings (SSSR count). The average Bonchev–Trinajstić information content (AvgIpc) is 2.98. The monoisotopic (exact) mass is 336 g/mol. The first-order valence-electron chi connectivity index (χ1n) is 8.55. The summed E-state index contributed by atoms with van der Waals surface area (Å²) in [6.45, 7) is 1.06. The molecular weight excluding hydrogens is 312 g/mol. The number of para-hydroxylation sites is 1. The van der Waals surface area contributed by atoms with Crippen LogP contribution >= 0.6 is 0 Å². The molecule has 1 unspecified atom stereocenters. The van der Waals surface area contributed by atoms with Crippen LogP contribution in [0.15, 0.2) is 60.8 Å². The third-order valence-corrected chi connectivity index (χ3v) is 4.52. The second-order valence-electron chi connectivity index (χ2n) is 6.22. The van der Waals surface area contributed by atoms with E-state index in [-0.39, 0.29) is 11.8 Å². The third-order valence-electron chi connectivity index (χ3n) is 4.52. The van der Waals surface area contributed by atoms with Crippen LogP contribution in [-0.2, 0) is 16.6 Å². The van der Waals surface area contributed by atoms with E-state index in [0.29, 0.717) is 19.6 Å². The summed E-state index contributed by atoms with van der Waals surface area (Å²) in [6, 6.07) is 18.6. The van der Waals surface area contributed by atoms with Crippen LogP contribution in [0.25, 0.3) is 10.9 Å². The highest BCUT2D eigenvalue weighted by Gasteiger charge is 2.21. The number of nitrogens with zero attached hydrogens (tertiary/aromatic N) is 1. The smallest absolute Gasteiger partial charge is 0.221 e. The molecule has 1 N–H and O–H groups in total. The minimum Gasteiger partial charge on any atom is -0.383 e. The topological polar surface area (TPSA) is 43.3 Å². The summed E-state index contributed by atoms with van der Waals surface area (Å²) in [5.74, 6) is 0.0636. The summed E-state index contributed by atoms with van der Waals surface area (Å²) in [5, 5.41) is 4.14. The number of hydrogen-bond donors (Lipinski definition) is 1. The van der Waals surface area contributed by atoms with Crippen molar-refractivity contribution in [3.05, 3.63) is 71.9 Å². The number of benzene rings is 2. The third kappa shape index (κ3) is 3.91. The molecule has 2 aromatic carbocycles. The molecule has 4 heteroatoms. The maximum atomic E-state index is 12.4. The number of aromatic nitrogens is 1. The number of nitrogens with one attached hydrogen (secondary N) is 1. The van der Waals surface area contributed by atoms with Gasteiger partial charge in [-0.2, -0.15) is 0 Å². The molecule has 0 aliphatic rings. The molecule has 0 saturated heterocycles. The largest absolute Gasteiger partial charge is 0.383 e. The highest BCUT2D eigenvalue weighted by molar-refractivity contribution is 5.86. The molecule has 0 radical (unpaired) electrons. The number of ether oxygens (including phenoxy) is 1. The molecule has 1 heterocycles. The molecule has 4 nitrogen and oxygen atoms in total. The van der Waals surface area contributed by atoms with Gasteiger partial charge in [0.05, 0.1) is 6.61 Å². The number of fused-ring (bicyclic) bond motifs is 1. The Labute approximate surface area is 148 Å². The lowest BCUT2D eigenvalue weighted by Gasteiger charge is -2.17. The molecule has 1 amide bonds. The molecule has 0 spiro atoms. The van der Waals surface area contributed by atoms with E-state index < -0.39 is 0 Å². The molecule has 0 fully saturated rings. The minimum absolute atomic E-state index is 0.0230. The second kappa shape index (κ2) is 7.99. The maximum Gasteiger partial charge on any atom is 0.221 e. The lowest BCUT2D eigenvalue weighted by Crippen LogP contribution is -2.28. The zero-order valence-corrected chi connectivity index (χ0v) is 14.7. The Bertz CT molecular complexity index is 839. The van der Waals surface area contributed by atoms with E-state index in [0.717, 1.165) is 5.56 Å². The SMILES string of the molecule is COCCNC(=O)CC(c1ccccc1)c1cn(C)c2ccccc12. The molecular formula is C21H24N2O2. The number of hydrogen-bond acceptors (Lipinski definition) is 2. The fourth-order valence-electron chi connectivity index (χ4n) is 3.29. The average molecular weight is 336 g/mol. The fraction of sp³-hybridized carbons (Fsp3) is 0.286. The first kappa shape index (κ1) is 17.2. The van der Waals surface area contributed by atoms with Crippen molar-refractivity contribution < 1.29 is 9.53 Å².